The molecular formula is C8H12N2O4. The number of carbonyl (C=O) groups is 3. The minimum Gasteiger partial charge on any atom is -0.478 e. The Bertz CT molecular complexity index is 260. The Morgan fingerprint density at radius 1 is 1.14 bits per heavy atom. The van der Waals surface area contributed by atoms with Gasteiger partial charge >= 0.3 is 5.97 Å². The Morgan fingerprint density at radius 2 is 1.71 bits per heavy atom. The van der Waals surface area contributed by atoms with E-state index in [0.717, 1.165) is 12.2 Å². The summed E-state index contributed by atoms with van der Waals surface area (Å²) in [6.45, 7) is 1.95. The smallest absolute Gasteiger partial charge is 0.328 e. The van der Waals surface area contributed by atoms with E-state index >= 15 is 0 Å². The standard InChI is InChI=1S/C8H12N2O4/c1-6(11)9-4-5-10-7(12)2-3-8(13)14/h2-3H,4-5H2,1H3,(H,9,11)(H,10,12)(H,13,14)/b3-2-. The van der Waals surface area contributed by atoms with Gasteiger partial charge in [-0.25, -0.2) is 4.79 Å². The van der Waals surface area contributed by atoms with Crippen LogP contribution in [0.15, 0.2) is 12.2 Å². The zero-order valence-electron chi connectivity index (χ0n) is 7.74. The van der Waals surface area contributed by atoms with E-state index < -0.39 is 11.9 Å². The first-order chi connectivity index (χ1) is 6.52. The lowest BCUT2D eigenvalue weighted by Gasteiger charge is -2.01. The second kappa shape index (κ2) is 6.64. The van der Waals surface area contributed by atoms with Crippen molar-refractivity contribution in [1.82, 2.24) is 10.6 Å². The molecule has 0 bridgehead atoms. The number of carbonyl (C=O) groups excluding carboxylic acids is 2. The summed E-state index contributed by atoms with van der Waals surface area (Å²) in [4.78, 5) is 31.2. The number of aliphatic carboxylic acids is 1. The van der Waals surface area contributed by atoms with E-state index in [2.05, 4.69) is 10.6 Å². The van der Waals surface area contributed by atoms with E-state index in [1.54, 1.807) is 0 Å². The Kier molecular flexibility index (Phi) is 5.77. The summed E-state index contributed by atoms with van der Waals surface area (Å²) < 4.78 is 0. The fraction of sp³-hybridized carbons (Fsp3) is 0.375. The number of rotatable bonds is 5. The van der Waals surface area contributed by atoms with E-state index in [0.29, 0.717) is 6.54 Å². The SMILES string of the molecule is CC(=O)NCCNC(=O)/C=C\C(=O)O. The fourth-order valence-corrected chi connectivity index (χ4v) is 0.630. The molecule has 0 aromatic heterocycles. The van der Waals surface area contributed by atoms with E-state index in [-0.39, 0.29) is 12.5 Å². The van der Waals surface area contributed by atoms with Crippen LogP contribution < -0.4 is 10.6 Å². The van der Waals surface area contributed by atoms with Crippen LogP contribution in [-0.2, 0) is 14.4 Å². The maximum atomic E-state index is 10.8. The maximum absolute atomic E-state index is 10.8. The van der Waals surface area contributed by atoms with Crippen molar-refractivity contribution in [2.45, 2.75) is 6.92 Å². The van der Waals surface area contributed by atoms with Crippen LogP contribution in [0.5, 0.6) is 0 Å². The lowest BCUT2D eigenvalue weighted by Crippen LogP contribution is -2.32. The first-order valence-electron chi connectivity index (χ1n) is 3.95. The van der Waals surface area contributed by atoms with Gasteiger partial charge in [-0.1, -0.05) is 0 Å². The highest BCUT2D eigenvalue weighted by molar-refractivity contribution is 5.93. The third kappa shape index (κ3) is 8.25. The largest absolute Gasteiger partial charge is 0.478 e. The summed E-state index contributed by atoms with van der Waals surface area (Å²) in [5.41, 5.74) is 0. The van der Waals surface area contributed by atoms with Crippen molar-refractivity contribution in [3.05, 3.63) is 12.2 Å². The topological polar surface area (TPSA) is 95.5 Å². The quantitative estimate of drug-likeness (QED) is 0.387. The van der Waals surface area contributed by atoms with Gasteiger partial charge in [0.1, 0.15) is 0 Å². The van der Waals surface area contributed by atoms with Gasteiger partial charge < -0.3 is 15.7 Å². The molecule has 0 rings (SSSR count). The molecule has 0 aliphatic carbocycles. The molecule has 0 aromatic carbocycles. The van der Waals surface area contributed by atoms with Crippen molar-refractivity contribution in [3.8, 4) is 0 Å². The minimum absolute atomic E-state index is 0.180. The van der Waals surface area contributed by atoms with Crippen molar-refractivity contribution >= 4 is 17.8 Å². The van der Waals surface area contributed by atoms with E-state index in [1.165, 1.54) is 6.92 Å². The minimum atomic E-state index is -1.18. The van der Waals surface area contributed by atoms with Gasteiger partial charge in [0.15, 0.2) is 0 Å². The Morgan fingerprint density at radius 3 is 2.21 bits per heavy atom. The predicted octanol–water partition coefficient (Wildman–Crippen LogP) is -1.12. The Hall–Kier alpha value is -1.85. The fourth-order valence-electron chi connectivity index (χ4n) is 0.630. The van der Waals surface area contributed by atoms with Gasteiger partial charge in [-0.15, -0.1) is 0 Å². The summed E-state index contributed by atoms with van der Waals surface area (Å²) in [6.07, 6.45) is 1.66. The molecule has 0 fully saturated rings. The van der Waals surface area contributed by atoms with Crippen molar-refractivity contribution in [2.75, 3.05) is 13.1 Å². The van der Waals surface area contributed by atoms with Crippen LogP contribution in [0.2, 0.25) is 0 Å². The molecule has 6 heteroatoms. The molecule has 0 aliphatic rings. The Balaban J connectivity index is 3.55. The summed E-state index contributed by atoms with van der Waals surface area (Å²) in [6, 6.07) is 0. The molecule has 0 aliphatic heterocycles. The number of amides is 2. The molecule has 0 unspecified atom stereocenters. The van der Waals surface area contributed by atoms with Gasteiger partial charge in [0, 0.05) is 32.2 Å². The van der Waals surface area contributed by atoms with Crippen LogP contribution in [0.4, 0.5) is 0 Å². The summed E-state index contributed by atoms with van der Waals surface area (Å²) >= 11 is 0. The average molecular weight is 200 g/mol. The van der Waals surface area contributed by atoms with Gasteiger partial charge in [-0.05, 0) is 0 Å². The van der Waals surface area contributed by atoms with Gasteiger partial charge in [-0.2, -0.15) is 0 Å². The van der Waals surface area contributed by atoms with Gasteiger partial charge in [0.25, 0.3) is 0 Å². The van der Waals surface area contributed by atoms with Gasteiger partial charge in [0.05, 0.1) is 0 Å². The lowest BCUT2D eigenvalue weighted by molar-refractivity contribution is -0.131. The zero-order valence-corrected chi connectivity index (χ0v) is 7.74. The van der Waals surface area contributed by atoms with Gasteiger partial charge in [-0.3, -0.25) is 9.59 Å². The van der Waals surface area contributed by atoms with Crippen LogP contribution in [0.25, 0.3) is 0 Å². The molecular weight excluding hydrogens is 188 g/mol. The number of carboxylic acids is 1. The highest BCUT2D eigenvalue weighted by atomic mass is 16.4. The molecule has 0 atom stereocenters. The maximum Gasteiger partial charge on any atom is 0.328 e. The highest BCUT2D eigenvalue weighted by Crippen LogP contribution is 1.73. The average Bonchev–Trinajstić information content (AvgIpc) is 2.08. The van der Waals surface area contributed by atoms with Crippen LogP contribution in [0, 0.1) is 0 Å². The second-order valence-electron chi connectivity index (χ2n) is 2.45. The Labute approximate surface area is 81.0 Å². The van der Waals surface area contributed by atoms with E-state index in [1.807, 2.05) is 0 Å². The second-order valence-corrected chi connectivity index (χ2v) is 2.45. The molecule has 0 radical (unpaired) electrons. The monoisotopic (exact) mass is 200 g/mol. The number of hydrogen-bond acceptors (Lipinski definition) is 3. The van der Waals surface area contributed by atoms with Crippen LogP contribution >= 0.6 is 0 Å². The first kappa shape index (κ1) is 12.2. The van der Waals surface area contributed by atoms with Crippen LogP contribution in [-0.4, -0.2) is 36.0 Å². The highest BCUT2D eigenvalue weighted by Gasteiger charge is 1.96. The normalized spacial score (nSPS) is 9.79. The first-order valence-corrected chi connectivity index (χ1v) is 3.95. The summed E-state index contributed by atoms with van der Waals surface area (Å²) in [7, 11) is 0. The summed E-state index contributed by atoms with van der Waals surface area (Å²) in [5.74, 6) is -1.86. The molecule has 3 N–H and O–H groups in total. The molecule has 6 nitrogen and oxygen atoms in total. The molecule has 2 amide bonds. The van der Waals surface area contributed by atoms with Crippen LogP contribution in [0.1, 0.15) is 6.92 Å². The molecule has 0 spiro atoms. The zero-order chi connectivity index (χ0) is 11.0. The van der Waals surface area contributed by atoms with Crippen molar-refractivity contribution in [1.29, 1.82) is 0 Å². The van der Waals surface area contributed by atoms with Crippen LogP contribution in [0.3, 0.4) is 0 Å². The van der Waals surface area contributed by atoms with E-state index in [9.17, 15) is 14.4 Å². The molecule has 14 heavy (non-hydrogen) atoms. The van der Waals surface area contributed by atoms with Gasteiger partial charge in [0.2, 0.25) is 11.8 Å². The van der Waals surface area contributed by atoms with Crippen molar-refractivity contribution in [3.63, 3.8) is 0 Å². The van der Waals surface area contributed by atoms with Crippen molar-refractivity contribution < 1.29 is 19.5 Å². The molecule has 0 heterocycles. The summed E-state index contributed by atoms with van der Waals surface area (Å²) in [5, 5.41) is 13.0. The number of hydrogen-bond donors (Lipinski definition) is 3. The predicted molar refractivity (Wildman–Crippen MR) is 48.5 cm³/mol. The third-order valence-corrected chi connectivity index (χ3v) is 1.18. The molecule has 78 valence electrons. The number of carboxylic acid groups (broad SMARTS) is 1. The number of nitrogens with one attached hydrogen (secondary N) is 2. The molecule has 0 saturated carbocycles. The lowest BCUT2D eigenvalue weighted by atomic mass is 10.4. The van der Waals surface area contributed by atoms with E-state index in [4.69, 9.17) is 5.11 Å². The van der Waals surface area contributed by atoms with Crippen molar-refractivity contribution in [2.24, 2.45) is 0 Å². The third-order valence-electron chi connectivity index (χ3n) is 1.18. The molecule has 0 saturated heterocycles. The molecule has 0 aromatic rings.